The number of rotatable bonds is 7. The first-order chi connectivity index (χ1) is 14.2. The molecular weight excluding hydrogens is 430 g/mol. The van der Waals surface area contributed by atoms with E-state index >= 15 is 0 Å². The highest BCUT2D eigenvalue weighted by Gasteiger charge is 2.19. The number of nitrogens with one attached hydrogen (secondary N) is 3. The first-order valence-electron chi connectivity index (χ1n) is 9.30. The summed E-state index contributed by atoms with van der Waals surface area (Å²) < 4.78 is 30.5. The van der Waals surface area contributed by atoms with Gasteiger partial charge in [0.15, 0.2) is 0 Å². The molecule has 160 valence electrons. The molecule has 1 saturated heterocycles. The van der Waals surface area contributed by atoms with Crippen LogP contribution < -0.4 is 15.4 Å². The standard InChI is InChI=1S/C20H22ClN3O5S/c1-30(27,28)24-18-9-8-13(11-16(18)21)19(25)23-17-7-3-2-6-15(17)20(26)22-12-14-5-4-10-29-14/h2-3,6-9,11,14,24H,4-5,10,12H2,1H3,(H,22,26)(H,23,25)/t14-/m1/s1. The molecule has 3 N–H and O–H groups in total. The minimum atomic E-state index is -3.50. The molecule has 1 aliphatic rings. The number of carbonyl (C=O) groups excluding carboxylic acids is 2. The zero-order chi connectivity index (χ0) is 21.7. The number of ether oxygens (including phenoxy) is 1. The first-order valence-corrected chi connectivity index (χ1v) is 11.6. The molecule has 0 bridgehead atoms. The van der Waals surface area contributed by atoms with Crippen molar-refractivity contribution in [2.75, 3.05) is 29.4 Å². The Hall–Kier alpha value is -2.62. The monoisotopic (exact) mass is 451 g/mol. The van der Waals surface area contributed by atoms with Crippen LogP contribution in [-0.2, 0) is 14.8 Å². The van der Waals surface area contributed by atoms with Crippen molar-refractivity contribution in [2.45, 2.75) is 18.9 Å². The Morgan fingerprint density at radius 3 is 2.57 bits per heavy atom. The summed E-state index contributed by atoms with van der Waals surface area (Å²) in [6, 6.07) is 10.8. The highest BCUT2D eigenvalue weighted by atomic mass is 35.5. The van der Waals surface area contributed by atoms with Gasteiger partial charge in [-0.15, -0.1) is 0 Å². The van der Waals surface area contributed by atoms with Gasteiger partial charge in [0.1, 0.15) is 0 Å². The van der Waals surface area contributed by atoms with Gasteiger partial charge in [0.05, 0.1) is 34.3 Å². The molecule has 1 heterocycles. The van der Waals surface area contributed by atoms with E-state index in [1.165, 1.54) is 18.2 Å². The number of amides is 2. The average molecular weight is 452 g/mol. The molecule has 1 atom stereocenters. The molecular formula is C20H22ClN3O5S. The van der Waals surface area contributed by atoms with E-state index in [0.717, 1.165) is 19.1 Å². The molecule has 0 aromatic heterocycles. The lowest BCUT2D eigenvalue weighted by atomic mass is 10.1. The maximum Gasteiger partial charge on any atom is 0.255 e. The van der Waals surface area contributed by atoms with E-state index in [9.17, 15) is 18.0 Å². The second-order valence-electron chi connectivity index (χ2n) is 6.91. The number of hydrogen-bond donors (Lipinski definition) is 3. The molecule has 1 aliphatic heterocycles. The highest BCUT2D eigenvalue weighted by Crippen LogP contribution is 2.25. The van der Waals surface area contributed by atoms with Gasteiger partial charge in [-0.05, 0) is 43.2 Å². The molecule has 30 heavy (non-hydrogen) atoms. The van der Waals surface area contributed by atoms with Gasteiger partial charge in [-0.1, -0.05) is 23.7 Å². The summed E-state index contributed by atoms with van der Waals surface area (Å²) in [6.07, 6.45) is 2.90. The van der Waals surface area contributed by atoms with E-state index in [0.29, 0.717) is 24.4 Å². The number of anilines is 2. The maximum atomic E-state index is 12.6. The molecule has 10 heteroatoms. The molecule has 2 amide bonds. The third kappa shape index (κ3) is 5.94. The van der Waals surface area contributed by atoms with Crippen molar-refractivity contribution in [3.8, 4) is 0 Å². The van der Waals surface area contributed by atoms with Crippen molar-refractivity contribution < 1.29 is 22.7 Å². The Bertz CT molecular complexity index is 1050. The van der Waals surface area contributed by atoms with E-state index in [1.807, 2.05) is 0 Å². The van der Waals surface area contributed by atoms with Crippen LogP contribution in [0.5, 0.6) is 0 Å². The van der Waals surface area contributed by atoms with Crippen LogP contribution in [0.15, 0.2) is 42.5 Å². The van der Waals surface area contributed by atoms with Crippen molar-refractivity contribution in [1.82, 2.24) is 5.32 Å². The third-order valence-electron chi connectivity index (χ3n) is 4.46. The van der Waals surface area contributed by atoms with Crippen molar-refractivity contribution in [2.24, 2.45) is 0 Å². The molecule has 8 nitrogen and oxygen atoms in total. The second-order valence-corrected chi connectivity index (χ2v) is 9.07. The molecule has 2 aromatic carbocycles. The predicted molar refractivity (Wildman–Crippen MR) is 116 cm³/mol. The lowest BCUT2D eigenvalue weighted by Crippen LogP contribution is -2.32. The predicted octanol–water partition coefficient (Wildman–Crippen LogP) is 2.87. The normalized spacial score (nSPS) is 16.1. The smallest absolute Gasteiger partial charge is 0.255 e. The van der Waals surface area contributed by atoms with Gasteiger partial charge in [-0.2, -0.15) is 0 Å². The SMILES string of the molecule is CS(=O)(=O)Nc1ccc(C(=O)Nc2ccccc2C(=O)NC[C@H]2CCCO2)cc1Cl. The van der Waals surface area contributed by atoms with E-state index < -0.39 is 15.9 Å². The zero-order valence-corrected chi connectivity index (χ0v) is 17.8. The number of halogens is 1. The van der Waals surface area contributed by atoms with Crippen LogP contribution >= 0.6 is 11.6 Å². The summed E-state index contributed by atoms with van der Waals surface area (Å²) in [6.45, 7) is 1.11. The van der Waals surface area contributed by atoms with Gasteiger partial charge in [-0.25, -0.2) is 8.42 Å². The topological polar surface area (TPSA) is 114 Å². The van der Waals surface area contributed by atoms with Gasteiger partial charge in [0.2, 0.25) is 10.0 Å². The maximum absolute atomic E-state index is 12.6. The summed E-state index contributed by atoms with van der Waals surface area (Å²) >= 11 is 6.08. The minimum absolute atomic E-state index is 0.0110. The van der Waals surface area contributed by atoms with Crippen LogP contribution in [0.4, 0.5) is 11.4 Å². The van der Waals surface area contributed by atoms with Crippen LogP contribution in [0.3, 0.4) is 0 Å². The number of sulfonamides is 1. The second kappa shape index (κ2) is 9.46. The van der Waals surface area contributed by atoms with E-state index in [4.69, 9.17) is 16.3 Å². The lowest BCUT2D eigenvalue weighted by molar-refractivity contribution is 0.0858. The number of para-hydroxylation sites is 1. The minimum Gasteiger partial charge on any atom is -0.376 e. The average Bonchev–Trinajstić information content (AvgIpc) is 3.20. The van der Waals surface area contributed by atoms with Crippen molar-refractivity contribution in [3.63, 3.8) is 0 Å². The molecule has 0 radical (unpaired) electrons. The fourth-order valence-corrected chi connectivity index (χ4v) is 3.89. The molecule has 0 spiro atoms. The molecule has 1 fully saturated rings. The number of hydrogen-bond acceptors (Lipinski definition) is 5. The van der Waals surface area contributed by atoms with Gasteiger partial charge in [0, 0.05) is 18.7 Å². The Kier molecular flexibility index (Phi) is 6.96. The molecule has 0 saturated carbocycles. The van der Waals surface area contributed by atoms with E-state index in [2.05, 4.69) is 15.4 Å². The number of benzene rings is 2. The molecule has 0 aliphatic carbocycles. The van der Waals surface area contributed by atoms with Crippen LogP contribution in [0.25, 0.3) is 0 Å². The molecule has 3 rings (SSSR count). The highest BCUT2D eigenvalue weighted by molar-refractivity contribution is 7.92. The van der Waals surface area contributed by atoms with Crippen molar-refractivity contribution >= 4 is 44.8 Å². The Morgan fingerprint density at radius 2 is 1.90 bits per heavy atom. The van der Waals surface area contributed by atoms with E-state index in [-0.39, 0.29) is 28.3 Å². The first kappa shape index (κ1) is 22.1. The fraction of sp³-hybridized carbons (Fsp3) is 0.300. The van der Waals surface area contributed by atoms with Crippen molar-refractivity contribution in [1.29, 1.82) is 0 Å². The van der Waals surface area contributed by atoms with Crippen LogP contribution in [-0.4, -0.2) is 45.7 Å². The summed E-state index contributed by atoms with van der Waals surface area (Å²) in [5, 5.41) is 5.61. The Morgan fingerprint density at radius 1 is 1.13 bits per heavy atom. The third-order valence-corrected chi connectivity index (χ3v) is 5.36. The lowest BCUT2D eigenvalue weighted by Gasteiger charge is -2.14. The largest absolute Gasteiger partial charge is 0.376 e. The van der Waals surface area contributed by atoms with Crippen LogP contribution in [0.2, 0.25) is 5.02 Å². The van der Waals surface area contributed by atoms with Crippen LogP contribution in [0, 0.1) is 0 Å². The van der Waals surface area contributed by atoms with Crippen LogP contribution in [0.1, 0.15) is 33.6 Å². The number of carbonyl (C=O) groups is 2. The van der Waals surface area contributed by atoms with Gasteiger partial charge in [0.25, 0.3) is 11.8 Å². The van der Waals surface area contributed by atoms with Gasteiger partial charge >= 0.3 is 0 Å². The summed E-state index contributed by atoms with van der Waals surface area (Å²) in [5.74, 6) is -0.797. The van der Waals surface area contributed by atoms with Gasteiger partial charge < -0.3 is 15.4 Å². The quantitative estimate of drug-likeness (QED) is 0.599. The summed E-state index contributed by atoms with van der Waals surface area (Å²) in [4.78, 5) is 25.2. The Balaban J connectivity index is 1.71. The summed E-state index contributed by atoms with van der Waals surface area (Å²) in [7, 11) is -3.50. The zero-order valence-electron chi connectivity index (χ0n) is 16.3. The molecule has 0 unspecified atom stereocenters. The fourth-order valence-electron chi connectivity index (χ4n) is 3.03. The Labute approximate surface area is 180 Å². The van der Waals surface area contributed by atoms with Gasteiger partial charge in [-0.3, -0.25) is 14.3 Å². The van der Waals surface area contributed by atoms with E-state index in [1.54, 1.807) is 24.3 Å². The van der Waals surface area contributed by atoms with Crippen molar-refractivity contribution in [3.05, 3.63) is 58.6 Å². The molecule has 2 aromatic rings. The summed E-state index contributed by atoms with van der Waals surface area (Å²) in [5.41, 5.74) is 1.06.